The fourth-order valence-corrected chi connectivity index (χ4v) is 4.78. The summed E-state index contributed by atoms with van der Waals surface area (Å²) in [5.41, 5.74) is 0.361. The van der Waals surface area contributed by atoms with Gasteiger partial charge in [-0.3, -0.25) is 4.79 Å². The first kappa shape index (κ1) is 17.3. The second-order valence-electron chi connectivity index (χ2n) is 5.70. The first-order valence-corrected chi connectivity index (χ1v) is 9.92. The van der Waals surface area contributed by atoms with Crippen molar-refractivity contribution in [3.63, 3.8) is 0 Å². The van der Waals surface area contributed by atoms with Gasteiger partial charge < -0.3 is 9.32 Å². The van der Waals surface area contributed by atoms with Crippen LogP contribution in [0.2, 0.25) is 10.0 Å². The van der Waals surface area contributed by atoms with Gasteiger partial charge >= 0.3 is 0 Å². The first-order chi connectivity index (χ1) is 11.4. The molecule has 2 aromatic rings. The quantitative estimate of drug-likeness (QED) is 0.805. The van der Waals surface area contributed by atoms with Crippen LogP contribution in [0.5, 0.6) is 0 Å². The monoisotopic (exact) mass is 387 g/mol. The molecule has 1 atom stereocenters. The molecule has 0 radical (unpaired) electrons. The maximum absolute atomic E-state index is 12.9. The molecule has 0 spiro atoms. The summed E-state index contributed by atoms with van der Waals surface area (Å²) in [6.07, 6.45) is 1.93. The van der Waals surface area contributed by atoms with Gasteiger partial charge in [0.15, 0.2) is 9.84 Å². The second kappa shape index (κ2) is 6.78. The second-order valence-corrected chi connectivity index (χ2v) is 8.74. The highest BCUT2D eigenvalue weighted by Gasteiger charge is 2.35. The number of halogens is 2. The Morgan fingerprint density at radius 2 is 2.04 bits per heavy atom. The molecule has 1 aromatic carbocycles. The van der Waals surface area contributed by atoms with Crippen LogP contribution in [0.15, 0.2) is 41.0 Å². The molecule has 5 nitrogen and oxygen atoms in total. The van der Waals surface area contributed by atoms with E-state index in [0.717, 1.165) is 0 Å². The zero-order chi connectivity index (χ0) is 17.3. The van der Waals surface area contributed by atoms with Crippen molar-refractivity contribution in [3.05, 3.63) is 58.0 Å². The molecule has 1 fully saturated rings. The molecule has 1 saturated heterocycles. The Labute approximate surface area is 150 Å². The largest absolute Gasteiger partial charge is 0.467 e. The van der Waals surface area contributed by atoms with Gasteiger partial charge in [0.05, 0.1) is 34.4 Å². The fourth-order valence-electron chi connectivity index (χ4n) is 2.75. The maximum atomic E-state index is 12.9. The number of amides is 1. The number of hydrogen-bond acceptors (Lipinski definition) is 4. The molecule has 0 saturated carbocycles. The van der Waals surface area contributed by atoms with E-state index in [4.69, 9.17) is 27.6 Å². The lowest BCUT2D eigenvalue weighted by Gasteiger charge is -2.27. The minimum atomic E-state index is -3.12. The number of nitrogens with zero attached hydrogens (tertiary/aromatic N) is 1. The molecule has 3 rings (SSSR count). The van der Waals surface area contributed by atoms with Gasteiger partial charge in [0, 0.05) is 11.6 Å². The van der Waals surface area contributed by atoms with Crippen LogP contribution in [0.3, 0.4) is 0 Å². The van der Waals surface area contributed by atoms with Crippen molar-refractivity contribution < 1.29 is 17.6 Å². The first-order valence-electron chi connectivity index (χ1n) is 7.34. The normalized spacial score (nSPS) is 19.3. The number of rotatable bonds is 4. The van der Waals surface area contributed by atoms with Gasteiger partial charge in [-0.2, -0.15) is 0 Å². The zero-order valence-corrected chi connectivity index (χ0v) is 14.9. The molecule has 128 valence electrons. The van der Waals surface area contributed by atoms with E-state index < -0.39 is 9.84 Å². The number of hydrogen-bond donors (Lipinski definition) is 0. The predicted octanol–water partition coefficient (Wildman–Crippen LogP) is 3.42. The average Bonchev–Trinajstić information content (AvgIpc) is 3.16. The summed E-state index contributed by atoms with van der Waals surface area (Å²) >= 11 is 11.9. The minimum Gasteiger partial charge on any atom is -0.467 e. The van der Waals surface area contributed by atoms with Crippen LogP contribution in [-0.4, -0.2) is 36.8 Å². The smallest absolute Gasteiger partial charge is 0.254 e. The van der Waals surface area contributed by atoms with E-state index >= 15 is 0 Å². The van der Waals surface area contributed by atoms with Crippen LogP contribution >= 0.6 is 23.2 Å². The molecule has 8 heteroatoms. The number of carbonyl (C=O) groups is 1. The Balaban J connectivity index is 1.91. The molecule has 1 amide bonds. The van der Waals surface area contributed by atoms with E-state index in [1.807, 2.05) is 0 Å². The topological polar surface area (TPSA) is 67.6 Å². The van der Waals surface area contributed by atoms with Gasteiger partial charge in [-0.1, -0.05) is 23.2 Å². The SMILES string of the molecule is O=C(c1ccc(Cl)c(Cl)c1)N(Cc1ccco1)[C@H]1CCS(=O)(=O)C1. The van der Waals surface area contributed by atoms with E-state index in [9.17, 15) is 13.2 Å². The fraction of sp³-hybridized carbons (Fsp3) is 0.312. The Morgan fingerprint density at radius 3 is 2.62 bits per heavy atom. The van der Waals surface area contributed by atoms with Gasteiger partial charge in [0.2, 0.25) is 0 Å². The number of furan rings is 1. The molecule has 0 unspecified atom stereocenters. The van der Waals surface area contributed by atoms with Crippen LogP contribution in [0.25, 0.3) is 0 Å². The Morgan fingerprint density at radius 1 is 1.25 bits per heavy atom. The summed E-state index contributed by atoms with van der Waals surface area (Å²) < 4.78 is 28.9. The Kier molecular flexibility index (Phi) is 4.90. The van der Waals surface area contributed by atoms with Crippen LogP contribution in [0.4, 0.5) is 0 Å². The van der Waals surface area contributed by atoms with Crippen LogP contribution in [-0.2, 0) is 16.4 Å². The number of carbonyl (C=O) groups excluding carboxylic acids is 1. The van der Waals surface area contributed by atoms with E-state index in [0.29, 0.717) is 22.8 Å². The van der Waals surface area contributed by atoms with E-state index in [-0.39, 0.29) is 35.0 Å². The summed E-state index contributed by atoms with van der Waals surface area (Å²) in [5.74, 6) is 0.335. The maximum Gasteiger partial charge on any atom is 0.254 e. The van der Waals surface area contributed by atoms with Crippen molar-refractivity contribution in [2.45, 2.75) is 19.0 Å². The van der Waals surface area contributed by atoms with Gasteiger partial charge in [0.1, 0.15) is 5.76 Å². The molecule has 0 N–H and O–H groups in total. The summed E-state index contributed by atoms with van der Waals surface area (Å²) in [6, 6.07) is 7.70. The van der Waals surface area contributed by atoms with Gasteiger partial charge in [-0.15, -0.1) is 0 Å². The summed E-state index contributed by atoms with van der Waals surface area (Å²) in [4.78, 5) is 14.5. The highest BCUT2D eigenvalue weighted by Crippen LogP contribution is 2.26. The van der Waals surface area contributed by atoms with Crippen LogP contribution in [0.1, 0.15) is 22.5 Å². The molecule has 0 bridgehead atoms. The standard InChI is InChI=1S/C16H15Cl2NO4S/c17-14-4-3-11(8-15(14)18)16(20)19(9-13-2-1-6-23-13)12-5-7-24(21,22)10-12/h1-4,6,8,12H,5,7,9-10H2/t12-/m0/s1. The summed E-state index contributed by atoms with van der Waals surface area (Å²) in [6.45, 7) is 0.201. The van der Waals surface area contributed by atoms with Crippen molar-refractivity contribution in [2.75, 3.05) is 11.5 Å². The van der Waals surface area contributed by atoms with Crippen LogP contribution < -0.4 is 0 Å². The van der Waals surface area contributed by atoms with Gasteiger partial charge in [-0.05, 0) is 36.8 Å². The minimum absolute atomic E-state index is 0.0409. The van der Waals surface area contributed by atoms with E-state index in [2.05, 4.69) is 0 Å². The van der Waals surface area contributed by atoms with Gasteiger partial charge in [0.25, 0.3) is 5.91 Å². The lowest BCUT2D eigenvalue weighted by molar-refractivity contribution is 0.0666. The molecule has 2 heterocycles. The number of benzene rings is 1. The third kappa shape index (κ3) is 3.77. The zero-order valence-electron chi connectivity index (χ0n) is 12.6. The molecule has 1 aliphatic heterocycles. The van der Waals surface area contributed by atoms with Crippen molar-refractivity contribution in [3.8, 4) is 0 Å². The molecule has 1 aliphatic rings. The highest BCUT2D eigenvalue weighted by molar-refractivity contribution is 7.91. The summed E-state index contributed by atoms with van der Waals surface area (Å²) in [5, 5.41) is 0.633. The predicted molar refractivity (Wildman–Crippen MR) is 92.1 cm³/mol. The molecule has 24 heavy (non-hydrogen) atoms. The van der Waals surface area contributed by atoms with Gasteiger partial charge in [-0.25, -0.2) is 8.42 Å². The summed E-state index contributed by atoms with van der Waals surface area (Å²) in [7, 11) is -3.12. The molecular formula is C16H15Cl2NO4S. The van der Waals surface area contributed by atoms with Crippen molar-refractivity contribution in [1.29, 1.82) is 0 Å². The van der Waals surface area contributed by atoms with Crippen molar-refractivity contribution >= 4 is 38.9 Å². The Bertz CT molecular complexity index is 849. The molecule has 0 aliphatic carbocycles. The average molecular weight is 388 g/mol. The molecule has 1 aromatic heterocycles. The van der Waals surface area contributed by atoms with Crippen LogP contribution in [0, 0.1) is 0 Å². The number of sulfone groups is 1. The van der Waals surface area contributed by atoms with E-state index in [1.165, 1.54) is 17.2 Å². The molecular weight excluding hydrogens is 373 g/mol. The highest BCUT2D eigenvalue weighted by atomic mass is 35.5. The third-order valence-corrected chi connectivity index (χ3v) is 6.47. The third-order valence-electron chi connectivity index (χ3n) is 3.98. The lowest BCUT2D eigenvalue weighted by atomic mass is 10.1. The van der Waals surface area contributed by atoms with E-state index in [1.54, 1.807) is 24.3 Å². The Hall–Kier alpha value is -1.50. The van der Waals surface area contributed by atoms with Crippen molar-refractivity contribution in [1.82, 2.24) is 4.90 Å². The van der Waals surface area contributed by atoms with Crippen molar-refractivity contribution in [2.24, 2.45) is 0 Å². The lowest BCUT2D eigenvalue weighted by Crippen LogP contribution is -2.40.